The van der Waals surface area contributed by atoms with E-state index in [1.54, 1.807) is 18.4 Å². The molecule has 0 bridgehead atoms. The van der Waals surface area contributed by atoms with E-state index in [-0.39, 0.29) is 11.9 Å². The molecule has 7 nitrogen and oxygen atoms in total. The number of benzene rings is 1. The third-order valence-corrected chi connectivity index (χ3v) is 3.61. The normalized spacial score (nSPS) is 10.8. The van der Waals surface area contributed by atoms with Gasteiger partial charge in [-0.3, -0.25) is 0 Å². The molecule has 0 spiro atoms. The number of ether oxygens (including phenoxy) is 1. The number of nitrogens with two attached hydrogens (primary N) is 2. The second-order valence-electron chi connectivity index (χ2n) is 5.10. The highest BCUT2D eigenvalue weighted by atomic mass is 16.5. The number of carbonyl (C=O) groups excluding carboxylic acids is 1. The van der Waals surface area contributed by atoms with Crippen molar-refractivity contribution in [1.29, 1.82) is 0 Å². The number of aryl methyl sites for hydroxylation is 2. The highest BCUT2D eigenvalue weighted by molar-refractivity contribution is 5.89. The molecule has 7 heteroatoms. The van der Waals surface area contributed by atoms with Crippen molar-refractivity contribution < 1.29 is 13.9 Å². The zero-order valence-electron chi connectivity index (χ0n) is 12.6. The summed E-state index contributed by atoms with van der Waals surface area (Å²) in [5.74, 6) is 0.0616. The van der Waals surface area contributed by atoms with Crippen LogP contribution in [0.15, 0.2) is 34.9 Å². The number of methoxy groups -OCH3 is 1. The van der Waals surface area contributed by atoms with E-state index in [2.05, 4.69) is 14.7 Å². The standard InChI is InChI=1S/C16H16N4O3/c1-22-15(21)10-5-2-9(3-6-10)4-7-11-8-23-14-12(11)13(17)19-16(18)20-14/h2-3,5-6,8H,4,7H2,1H3,(H4,17,18,19,20). The third kappa shape index (κ3) is 2.94. The molecule has 0 saturated heterocycles. The predicted octanol–water partition coefficient (Wildman–Crippen LogP) is 1.96. The van der Waals surface area contributed by atoms with E-state index < -0.39 is 0 Å². The second kappa shape index (κ2) is 5.96. The summed E-state index contributed by atoms with van der Waals surface area (Å²) in [5.41, 5.74) is 14.4. The van der Waals surface area contributed by atoms with Crippen LogP contribution < -0.4 is 11.5 Å². The van der Waals surface area contributed by atoms with Crippen molar-refractivity contribution >= 4 is 28.8 Å². The number of nitrogen functional groups attached to an aromatic ring is 2. The van der Waals surface area contributed by atoms with E-state index in [0.717, 1.165) is 17.5 Å². The van der Waals surface area contributed by atoms with Gasteiger partial charge in [-0.2, -0.15) is 9.97 Å². The van der Waals surface area contributed by atoms with Gasteiger partial charge >= 0.3 is 5.97 Å². The zero-order valence-corrected chi connectivity index (χ0v) is 12.6. The van der Waals surface area contributed by atoms with Crippen LogP contribution in [0.3, 0.4) is 0 Å². The van der Waals surface area contributed by atoms with E-state index in [4.69, 9.17) is 15.9 Å². The molecule has 1 aromatic carbocycles. The maximum Gasteiger partial charge on any atom is 0.337 e. The molecule has 0 aliphatic carbocycles. The van der Waals surface area contributed by atoms with Crippen molar-refractivity contribution in [2.24, 2.45) is 0 Å². The van der Waals surface area contributed by atoms with Gasteiger partial charge in [-0.25, -0.2) is 4.79 Å². The lowest BCUT2D eigenvalue weighted by molar-refractivity contribution is 0.0600. The van der Waals surface area contributed by atoms with Crippen LogP contribution >= 0.6 is 0 Å². The monoisotopic (exact) mass is 312 g/mol. The van der Waals surface area contributed by atoms with Crippen LogP contribution in [-0.4, -0.2) is 23.0 Å². The van der Waals surface area contributed by atoms with Crippen molar-refractivity contribution in [3.8, 4) is 0 Å². The minimum Gasteiger partial charge on any atom is -0.465 e. The Morgan fingerprint density at radius 2 is 1.91 bits per heavy atom. The number of furan rings is 1. The average molecular weight is 312 g/mol. The number of rotatable bonds is 4. The van der Waals surface area contributed by atoms with Gasteiger partial charge in [0.05, 0.1) is 24.3 Å². The van der Waals surface area contributed by atoms with E-state index in [1.165, 1.54) is 7.11 Å². The van der Waals surface area contributed by atoms with Crippen molar-refractivity contribution in [1.82, 2.24) is 9.97 Å². The van der Waals surface area contributed by atoms with Gasteiger partial charge < -0.3 is 20.6 Å². The number of fused-ring (bicyclic) bond motifs is 1. The first-order valence-corrected chi connectivity index (χ1v) is 7.05. The molecule has 118 valence electrons. The van der Waals surface area contributed by atoms with E-state index in [0.29, 0.717) is 28.9 Å². The first kappa shape index (κ1) is 14.8. The lowest BCUT2D eigenvalue weighted by Gasteiger charge is -2.03. The highest BCUT2D eigenvalue weighted by Gasteiger charge is 2.13. The van der Waals surface area contributed by atoms with Gasteiger partial charge in [0.2, 0.25) is 11.7 Å². The quantitative estimate of drug-likeness (QED) is 0.707. The van der Waals surface area contributed by atoms with Crippen molar-refractivity contribution in [2.75, 3.05) is 18.6 Å². The Kier molecular flexibility index (Phi) is 3.84. The maximum atomic E-state index is 11.4. The Morgan fingerprint density at radius 1 is 1.17 bits per heavy atom. The van der Waals surface area contributed by atoms with Crippen LogP contribution in [0.4, 0.5) is 11.8 Å². The van der Waals surface area contributed by atoms with Gasteiger partial charge in [0.15, 0.2) is 0 Å². The number of nitrogens with zero attached hydrogens (tertiary/aromatic N) is 2. The molecule has 0 atom stereocenters. The molecule has 0 amide bonds. The zero-order chi connectivity index (χ0) is 16.4. The fourth-order valence-electron chi connectivity index (χ4n) is 2.44. The number of hydrogen-bond acceptors (Lipinski definition) is 7. The first-order chi connectivity index (χ1) is 11.1. The minimum atomic E-state index is -0.347. The summed E-state index contributed by atoms with van der Waals surface area (Å²) in [6.07, 6.45) is 3.10. The van der Waals surface area contributed by atoms with Gasteiger partial charge in [0.25, 0.3) is 0 Å². The number of aromatic nitrogens is 2. The molecule has 2 aromatic heterocycles. The first-order valence-electron chi connectivity index (χ1n) is 7.05. The molecule has 3 rings (SSSR count). The summed E-state index contributed by atoms with van der Waals surface area (Å²) < 4.78 is 10.1. The smallest absolute Gasteiger partial charge is 0.337 e. The molecule has 0 fully saturated rings. The lowest BCUT2D eigenvalue weighted by Crippen LogP contribution is -2.02. The summed E-state index contributed by atoms with van der Waals surface area (Å²) in [4.78, 5) is 19.4. The Morgan fingerprint density at radius 3 is 2.61 bits per heavy atom. The fourth-order valence-corrected chi connectivity index (χ4v) is 2.44. The molecular formula is C16H16N4O3. The molecule has 0 radical (unpaired) electrons. The number of anilines is 2. The van der Waals surface area contributed by atoms with Crippen LogP contribution in [0.25, 0.3) is 11.1 Å². The van der Waals surface area contributed by atoms with E-state index in [9.17, 15) is 4.79 Å². The molecule has 0 aliphatic heterocycles. The summed E-state index contributed by atoms with van der Waals surface area (Å²) in [6.45, 7) is 0. The third-order valence-electron chi connectivity index (χ3n) is 3.61. The molecule has 3 aromatic rings. The lowest BCUT2D eigenvalue weighted by atomic mass is 10.0. The minimum absolute atomic E-state index is 0.0919. The van der Waals surface area contributed by atoms with E-state index >= 15 is 0 Å². The highest BCUT2D eigenvalue weighted by Crippen LogP contribution is 2.26. The molecule has 23 heavy (non-hydrogen) atoms. The van der Waals surface area contributed by atoms with Crippen molar-refractivity contribution in [3.63, 3.8) is 0 Å². The molecule has 2 heterocycles. The van der Waals surface area contributed by atoms with Gasteiger partial charge in [0, 0.05) is 5.56 Å². The van der Waals surface area contributed by atoms with E-state index in [1.807, 2.05) is 12.1 Å². The summed E-state index contributed by atoms with van der Waals surface area (Å²) in [5, 5.41) is 0.699. The summed E-state index contributed by atoms with van der Waals surface area (Å²) >= 11 is 0. The van der Waals surface area contributed by atoms with Crippen LogP contribution in [0.2, 0.25) is 0 Å². The molecule has 0 aliphatic rings. The Hall–Kier alpha value is -3.09. The summed E-state index contributed by atoms with van der Waals surface area (Å²) in [6, 6.07) is 7.28. The topological polar surface area (TPSA) is 117 Å². The van der Waals surface area contributed by atoms with Crippen LogP contribution in [0.1, 0.15) is 21.5 Å². The van der Waals surface area contributed by atoms with Crippen LogP contribution in [0, 0.1) is 0 Å². The summed E-state index contributed by atoms with van der Waals surface area (Å²) in [7, 11) is 1.36. The van der Waals surface area contributed by atoms with Gasteiger partial charge in [-0.05, 0) is 30.5 Å². The second-order valence-corrected chi connectivity index (χ2v) is 5.10. The van der Waals surface area contributed by atoms with Crippen molar-refractivity contribution in [3.05, 3.63) is 47.2 Å². The van der Waals surface area contributed by atoms with Crippen LogP contribution in [0.5, 0.6) is 0 Å². The SMILES string of the molecule is COC(=O)c1ccc(CCc2coc3nc(N)nc(N)c23)cc1. The molecule has 4 N–H and O–H groups in total. The average Bonchev–Trinajstić information content (AvgIpc) is 2.95. The number of hydrogen-bond donors (Lipinski definition) is 2. The number of carbonyl (C=O) groups is 1. The largest absolute Gasteiger partial charge is 0.465 e. The molecule has 0 unspecified atom stereocenters. The fraction of sp³-hybridized carbons (Fsp3) is 0.188. The Labute approximate surface area is 132 Å². The Bertz CT molecular complexity index is 856. The van der Waals surface area contributed by atoms with Gasteiger partial charge in [0.1, 0.15) is 5.82 Å². The predicted molar refractivity (Wildman–Crippen MR) is 85.8 cm³/mol. The van der Waals surface area contributed by atoms with Gasteiger partial charge in [-0.15, -0.1) is 0 Å². The Balaban J connectivity index is 1.77. The molecule has 0 saturated carbocycles. The maximum absolute atomic E-state index is 11.4. The van der Waals surface area contributed by atoms with Crippen molar-refractivity contribution in [2.45, 2.75) is 12.8 Å². The molecular weight excluding hydrogens is 296 g/mol. The number of esters is 1. The van der Waals surface area contributed by atoms with Crippen LogP contribution in [-0.2, 0) is 17.6 Å². The van der Waals surface area contributed by atoms with Gasteiger partial charge in [-0.1, -0.05) is 12.1 Å².